The molecular formula is C22H42O4. The van der Waals surface area contributed by atoms with E-state index in [1.807, 2.05) is 0 Å². The lowest BCUT2D eigenvalue weighted by Gasteiger charge is -2.13. The van der Waals surface area contributed by atoms with E-state index in [4.69, 9.17) is 14.2 Å². The third kappa shape index (κ3) is 17.9. The molecule has 0 aliphatic heterocycles. The van der Waals surface area contributed by atoms with Crippen molar-refractivity contribution in [2.45, 2.75) is 103 Å². The van der Waals surface area contributed by atoms with Gasteiger partial charge in [-0.15, -0.1) is 0 Å². The van der Waals surface area contributed by atoms with Gasteiger partial charge in [0, 0.05) is 13.2 Å². The quantitative estimate of drug-likeness (QED) is 0.118. The zero-order valence-corrected chi connectivity index (χ0v) is 17.5. The predicted molar refractivity (Wildman–Crippen MR) is 108 cm³/mol. The summed E-state index contributed by atoms with van der Waals surface area (Å²) in [5.41, 5.74) is 0. The average molecular weight is 371 g/mol. The van der Waals surface area contributed by atoms with Gasteiger partial charge >= 0.3 is 5.97 Å². The molecule has 0 spiro atoms. The maximum Gasteiger partial charge on any atom is 0.330 e. The van der Waals surface area contributed by atoms with Crippen molar-refractivity contribution in [1.82, 2.24) is 0 Å². The molecule has 0 aliphatic carbocycles. The Balaban J connectivity index is 3.64. The van der Waals surface area contributed by atoms with E-state index in [2.05, 4.69) is 6.92 Å². The molecule has 0 amide bonds. The fourth-order valence-electron chi connectivity index (χ4n) is 2.95. The summed E-state index contributed by atoms with van der Waals surface area (Å²) >= 11 is 0. The monoisotopic (exact) mass is 370 g/mol. The number of carbonyl (C=O) groups excluding carboxylic acids is 1. The van der Waals surface area contributed by atoms with Gasteiger partial charge in [-0.1, -0.05) is 84.0 Å². The summed E-state index contributed by atoms with van der Waals surface area (Å²) in [4.78, 5) is 11.4. The molecule has 154 valence electrons. The lowest BCUT2D eigenvalue weighted by atomic mass is 10.0. The van der Waals surface area contributed by atoms with E-state index in [-0.39, 0.29) is 18.9 Å². The fraction of sp³-hybridized carbons (Fsp3) is 0.864. The molecule has 0 fully saturated rings. The molecule has 0 aromatic heterocycles. The first-order chi connectivity index (χ1) is 12.7. The van der Waals surface area contributed by atoms with Crippen molar-refractivity contribution in [2.75, 3.05) is 20.5 Å². The Hall–Kier alpha value is -0.870. The zero-order chi connectivity index (χ0) is 19.3. The minimum Gasteiger partial charge on any atom is -0.463 e. The number of ether oxygens (including phenoxy) is 3. The van der Waals surface area contributed by atoms with Gasteiger partial charge in [-0.3, -0.25) is 0 Å². The van der Waals surface area contributed by atoms with Crippen LogP contribution in [0.4, 0.5) is 0 Å². The second-order valence-corrected chi connectivity index (χ2v) is 6.90. The van der Waals surface area contributed by atoms with Gasteiger partial charge in [-0.05, 0) is 19.4 Å². The third-order valence-electron chi connectivity index (χ3n) is 4.48. The molecule has 0 radical (unpaired) electrons. The number of esters is 1. The van der Waals surface area contributed by atoms with E-state index >= 15 is 0 Å². The second-order valence-electron chi connectivity index (χ2n) is 6.90. The molecule has 0 aromatic rings. The van der Waals surface area contributed by atoms with Gasteiger partial charge in [0.05, 0.1) is 12.7 Å². The summed E-state index contributed by atoms with van der Waals surface area (Å²) in [6.07, 6.45) is 20.1. The van der Waals surface area contributed by atoms with Crippen molar-refractivity contribution in [1.29, 1.82) is 0 Å². The van der Waals surface area contributed by atoms with Crippen LogP contribution in [0, 0.1) is 0 Å². The van der Waals surface area contributed by atoms with Crippen LogP contribution < -0.4 is 0 Å². The summed E-state index contributed by atoms with van der Waals surface area (Å²) in [6, 6.07) is 0. The molecule has 4 nitrogen and oxygen atoms in total. The van der Waals surface area contributed by atoms with E-state index in [0.717, 1.165) is 12.8 Å². The first kappa shape index (κ1) is 25.1. The minimum atomic E-state index is -0.312. The van der Waals surface area contributed by atoms with Crippen LogP contribution in [0.5, 0.6) is 0 Å². The van der Waals surface area contributed by atoms with Gasteiger partial charge < -0.3 is 14.2 Å². The SMILES string of the molecule is CCCCCCCCCCCCCC[C@H](/C=C\C(=O)OCC)OCOC. The molecule has 26 heavy (non-hydrogen) atoms. The number of hydrogen-bond acceptors (Lipinski definition) is 4. The standard InChI is InChI=1S/C22H42O4/c1-4-6-7-8-9-10-11-12-13-14-15-16-17-21(26-20-24-3)18-19-22(23)25-5-2/h18-19,21H,4-17,20H2,1-3H3/b19-18-/t21-/m1/s1. The normalized spacial score (nSPS) is 12.6. The van der Waals surface area contributed by atoms with Crippen LogP contribution in [0.15, 0.2) is 12.2 Å². The summed E-state index contributed by atoms with van der Waals surface area (Å²) in [5, 5.41) is 0. The molecule has 0 heterocycles. The topological polar surface area (TPSA) is 44.8 Å². The number of rotatable bonds is 19. The van der Waals surface area contributed by atoms with Crippen LogP contribution >= 0.6 is 0 Å². The number of methoxy groups -OCH3 is 1. The highest BCUT2D eigenvalue weighted by Gasteiger charge is 2.06. The number of carbonyl (C=O) groups is 1. The summed E-state index contributed by atoms with van der Waals surface area (Å²) in [5.74, 6) is -0.312. The van der Waals surface area contributed by atoms with Crippen LogP contribution in [0.25, 0.3) is 0 Å². The molecule has 0 N–H and O–H groups in total. The Morgan fingerprint density at radius 3 is 1.88 bits per heavy atom. The maximum atomic E-state index is 11.4. The Kier molecular flexibility index (Phi) is 19.8. The second kappa shape index (κ2) is 20.4. The third-order valence-corrected chi connectivity index (χ3v) is 4.48. The van der Waals surface area contributed by atoms with Crippen molar-refractivity contribution >= 4 is 5.97 Å². The Morgan fingerprint density at radius 2 is 1.38 bits per heavy atom. The van der Waals surface area contributed by atoms with E-state index in [0.29, 0.717) is 6.61 Å². The molecule has 0 bridgehead atoms. The average Bonchev–Trinajstić information content (AvgIpc) is 2.64. The lowest BCUT2D eigenvalue weighted by molar-refractivity contribution is -0.137. The predicted octanol–water partition coefficient (Wildman–Crippen LogP) is 6.19. The first-order valence-electron chi connectivity index (χ1n) is 10.7. The molecule has 0 aromatic carbocycles. The fourth-order valence-corrected chi connectivity index (χ4v) is 2.95. The largest absolute Gasteiger partial charge is 0.463 e. The van der Waals surface area contributed by atoms with Crippen molar-refractivity contribution in [3.63, 3.8) is 0 Å². The van der Waals surface area contributed by atoms with Crippen molar-refractivity contribution in [3.05, 3.63) is 12.2 Å². The zero-order valence-electron chi connectivity index (χ0n) is 17.5. The van der Waals surface area contributed by atoms with Crippen LogP contribution in [-0.4, -0.2) is 32.6 Å². The van der Waals surface area contributed by atoms with Gasteiger partial charge in [-0.2, -0.15) is 0 Å². The molecule has 0 rings (SSSR count). The van der Waals surface area contributed by atoms with E-state index in [1.54, 1.807) is 20.1 Å². The van der Waals surface area contributed by atoms with Gasteiger partial charge in [-0.25, -0.2) is 4.79 Å². The Labute approximate surface area is 161 Å². The van der Waals surface area contributed by atoms with Crippen LogP contribution in [-0.2, 0) is 19.0 Å². The van der Waals surface area contributed by atoms with Crippen molar-refractivity contribution in [2.24, 2.45) is 0 Å². The maximum absolute atomic E-state index is 11.4. The van der Waals surface area contributed by atoms with Gasteiger partial charge in [0.25, 0.3) is 0 Å². The highest BCUT2D eigenvalue weighted by atomic mass is 16.7. The lowest BCUT2D eigenvalue weighted by Crippen LogP contribution is -2.13. The molecule has 0 unspecified atom stereocenters. The Morgan fingerprint density at radius 1 is 0.846 bits per heavy atom. The van der Waals surface area contributed by atoms with E-state index in [1.165, 1.54) is 76.7 Å². The van der Waals surface area contributed by atoms with E-state index < -0.39 is 0 Å². The number of unbranched alkanes of at least 4 members (excludes halogenated alkanes) is 11. The summed E-state index contributed by atoms with van der Waals surface area (Å²) in [6.45, 7) is 4.71. The minimum absolute atomic E-state index is 0.0810. The van der Waals surface area contributed by atoms with Gasteiger partial charge in [0.2, 0.25) is 0 Å². The molecule has 0 saturated carbocycles. The van der Waals surface area contributed by atoms with Crippen molar-refractivity contribution < 1.29 is 19.0 Å². The van der Waals surface area contributed by atoms with Crippen LogP contribution in [0.3, 0.4) is 0 Å². The molecule has 0 saturated heterocycles. The highest BCUT2D eigenvalue weighted by molar-refractivity contribution is 5.81. The molecular weight excluding hydrogens is 328 g/mol. The van der Waals surface area contributed by atoms with Crippen LogP contribution in [0.2, 0.25) is 0 Å². The first-order valence-corrected chi connectivity index (χ1v) is 10.7. The molecule has 0 aliphatic rings. The molecule has 1 atom stereocenters. The van der Waals surface area contributed by atoms with Gasteiger partial charge in [0.1, 0.15) is 6.79 Å². The van der Waals surface area contributed by atoms with Crippen LogP contribution in [0.1, 0.15) is 97.3 Å². The highest BCUT2D eigenvalue weighted by Crippen LogP contribution is 2.14. The summed E-state index contributed by atoms with van der Waals surface area (Å²) in [7, 11) is 1.61. The number of hydrogen-bond donors (Lipinski definition) is 0. The Bertz CT molecular complexity index is 328. The smallest absolute Gasteiger partial charge is 0.330 e. The molecule has 4 heteroatoms. The van der Waals surface area contributed by atoms with Gasteiger partial charge in [0.15, 0.2) is 0 Å². The summed E-state index contributed by atoms with van der Waals surface area (Å²) < 4.78 is 15.5. The van der Waals surface area contributed by atoms with E-state index in [9.17, 15) is 4.79 Å². The van der Waals surface area contributed by atoms with Crippen molar-refractivity contribution in [3.8, 4) is 0 Å².